The van der Waals surface area contributed by atoms with Gasteiger partial charge < -0.3 is 18.9 Å². The highest BCUT2D eigenvalue weighted by atomic mass is 35.5. The van der Waals surface area contributed by atoms with Crippen LogP contribution in [0.2, 0.25) is 5.02 Å². The Hall–Kier alpha value is -3.13. The van der Waals surface area contributed by atoms with Crippen molar-refractivity contribution in [2.24, 2.45) is 0 Å². The molecule has 1 aliphatic rings. The molecule has 150 valence electrons. The van der Waals surface area contributed by atoms with E-state index in [-0.39, 0.29) is 35.5 Å². The van der Waals surface area contributed by atoms with E-state index in [9.17, 15) is 9.18 Å². The largest absolute Gasteiger partial charge is 0.497 e. The maximum absolute atomic E-state index is 14.3. The van der Waals surface area contributed by atoms with Crippen molar-refractivity contribution < 1.29 is 23.2 Å². The Morgan fingerprint density at radius 2 is 1.93 bits per heavy atom. The number of methoxy groups -OCH3 is 2. The van der Waals surface area contributed by atoms with E-state index >= 15 is 0 Å². The van der Waals surface area contributed by atoms with E-state index in [2.05, 4.69) is 10.1 Å². The molecule has 1 atom stereocenters. The van der Waals surface area contributed by atoms with Gasteiger partial charge in [-0.2, -0.15) is 4.98 Å². The Kier molecular flexibility index (Phi) is 5.10. The molecule has 0 N–H and O–H groups in total. The monoisotopic (exact) mass is 417 g/mol. The molecule has 7 nitrogen and oxygen atoms in total. The summed E-state index contributed by atoms with van der Waals surface area (Å²) in [5, 5.41) is 3.98. The minimum Gasteiger partial charge on any atom is -0.497 e. The molecule has 0 spiro atoms. The molecule has 0 radical (unpaired) electrons. The molecule has 2 aromatic carbocycles. The van der Waals surface area contributed by atoms with Gasteiger partial charge in [-0.1, -0.05) is 22.8 Å². The molecule has 1 saturated heterocycles. The van der Waals surface area contributed by atoms with Crippen LogP contribution in [0, 0.1) is 5.82 Å². The standard InChI is InChI=1S/C20H17ClFN3O4/c1-27-13-6-11(7-14(9-13)28-2)19-23-20(29-24-19)12-8-17(26)25(10-12)16-5-3-4-15(21)18(16)22/h3-7,9,12H,8,10H2,1-2H3. The van der Waals surface area contributed by atoms with Crippen molar-refractivity contribution in [3.8, 4) is 22.9 Å². The van der Waals surface area contributed by atoms with Gasteiger partial charge in [0, 0.05) is 24.6 Å². The number of amides is 1. The lowest BCUT2D eigenvalue weighted by atomic mass is 10.1. The summed E-state index contributed by atoms with van der Waals surface area (Å²) < 4.78 is 30.2. The van der Waals surface area contributed by atoms with E-state index in [0.717, 1.165) is 0 Å². The van der Waals surface area contributed by atoms with Crippen molar-refractivity contribution in [3.63, 3.8) is 0 Å². The Bertz CT molecular complexity index is 1050. The molecule has 1 fully saturated rings. The first-order chi connectivity index (χ1) is 14.0. The fourth-order valence-corrected chi connectivity index (χ4v) is 3.43. The average molecular weight is 418 g/mol. The van der Waals surface area contributed by atoms with Crippen LogP contribution in [0.25, 0.3) is 11.4 Å². The van der Waals surface area contributed by atoms with E-state index in [0.29, 0.717) is 28.8 Å². The van der Waals surface area contributed by atoms with E-state index in [1.165, 1.54) is 17.0 Å². The minimum absolute atomic E-state index is 0.0363. The number of benzene rings is 2. The zero-order valence-electron chi connectivity index (χ0n) is 15.7. The van der Waals surface area contributed by atoms with Crippen LogP contribution in [0.5, 0.6) is 11.5 Å². The lowest BCUT2D eigenvalue weighted by Crippen LogP contribution is -2.25. The van der Waals surface area contributed by atoms with Crippen LogP contribution in [0.1, 0.15) is 18.2 Å². The van der Waals surface area contributed by atoms with Crippen LogP contribution in [0.15, 0.2) is 40.9 Å². The van der Waals surface area contributed by atoms with Crippen LogP contribution >= 0.6 is 11.6 Å². The first-order valence-electron chi connectivity index (χ1n) is 8.81. The lowest BCUT2D eigenvalue weighted by molar-refractivity contribution is -0.117. The lowest BCUT2D eigenvalue weighted by Gasteiger charge is -2.17. The van der Waals surface area contributed by atoms with Gasteiger partial charge in [0.25, 0.3) is 0 Å². The maximum atomic E-state index is 14.3. The number of halogens is 2. The van der Waals surface area contributed by atoms with Gasteiger partial charge in [0.05, 0.1) is 30.8 Å². The molecular weight excluding hydrogens is 401 g/mol. The van der Waals surface area contributed by atoms with E-state index in [4.69, 9.17) is 25.6 Å². The molecule has 0 aliphatic carbocycles. The Labute approximate surface area is 171 Å². The van der Waals surface area contributed by atoms with Crippen molar-refractivity contribution >= 4 is 23.2 Å². The molecule has 4 rings (SSSR count). The number of carbonyl (C=O) groups excluding carboxylic acids is 1. The second kappa shape index (κ2) is 7.71. The molecule has 9 heteroatoms. The average Bonchev–Trinajstić information content (AvgIpc) is 3.36. The van der Waals surface area contributed by atoms with Crippen molar-refractivity contribution in [1.82, 2.24) is 10.1 Å². The summed E-state index contributed by atoms with van der Waals surface area (Å²) in [6, 6.07) is 9.80. The first kappa shape index (κ1) is 19.2. The van der Waals surface area contributed by atoms with Gasteiger partial charge in [-0.3, -0.25) is 4.79 Å². The predicted molar refractivity (Wildman–Crippen MR) is 104 cm³/mol. The number of aromatic nitrogens is 2. The van der Waals surface area contributed by atoms with Crippen molar-refractivity contribution in [3.05, 3.63) is 53.1 Å². The van der Waals surface area contributed by atoms with Gasteiger partial charge in [-0.15, -0.1) is 0 Å². The summed E-state index contributed by atoms with van der Waals surface area (Å²) >= 11 is 5.84. The zero-order valence-corrected chi connectivity index (χ0v) is 16.4. The molecule has 1 aliphatic heterocycles. The van der Waals surface area contributed by atoms with Crippen LogP contribution in [-0.2, 0) is 4.79 Å². The van der Waals surface area contributed by atoms with Crippen LogP contribution in [0.4, 0.5) is 10.1 Å². The van der Waals surface area contributed by atoms with Gasteiger partial charge in [0.1, 0.15) is 11.5 Å². The van der Waals surface area contributed by atoms with Crippen molar-refractivity contribution in [2.45, 2.75) is 12.3 Å². The number of anilines is 1. The summed E-state index contributed by atoms with van der Waals surface area (Å²) in [7, 11) is 3.10. The van der Waals surface area contributed by atoms with Gasteiger partial charge in [-0.25, -0.2) is 4.39 Å². The summed E-state index contributed by atoms with van der Waals surface area (Å²) in [6.07, 6.45) is 0.134. The molecule has 2 heterocycles. The topological polar surface area (TPSA) is 77.7 Å². The third-order valence-corrected chi connectivity index (χ3v) is 5.04. The molecular formula is C20H17ClFN3O4. The molecule has 3 aromatic rings. The third kappa shape index (κ3) is 3.63. The Morgan fingerprint density at radius 3 is 2.62 bits per heavy atom. The Balaban J connectivity index is 1.59. The smallest absolute Gasteiger partial charge is 0.232 e. The van der Waals surface area contributed by atoms with E-state index < -0.39 is 5.82 Å². The number of hydrogen-bond donors (Lipinski definition) is 0. The van der Waals surface area contributed by atoms with E-state index in [1.807, 2.05) is 0 Å². The maximum Gasteiger partial charge on any atom is 0.232 e. The van der Waals surface area contributed by atoms with Crippen LogP contribution in [-0.4, -0.2) is 36.8 Å². The third-order valence-electron chi connectivity index (χ3n) is 4.75. The van der Waals surface area contributed by atoms with Crippen LogP contribution < -0.4 is 14.4 Å². The number of hydrogen-bond acceptors (Lipinski definition) is 6. The fourth-order valence-electron chi connectivity index (χ4n) is 3.26. The summed E-state index contributed by atoms with van der Waals surface area (Å²) in [6.45, 7) is 0.221. The fraction of sp³-hybridized carbons (Fsp3) is 0.250. The normalized spacial score (nSPS) is 16.3. The van der Waals surface area contributed by atoms with E-state index in [1.54, 1.807) is 38.5 Å². The number of ether oxygens (including phenoxy) is 2. The zero-order chi connectivity index (χ0) is 20.5. The first-order valence-corrected chi connectivity index (χ1v) is 9.19. The Morgan fingerprint density at radius 1 is 1.21 bits per heavy atom. The van der Waals surface area contributed by atoms with Crippen molar-refractivity contribution in [2.75, 3.05) is 25.7 Å². The minimum atomic E-state index is -0.627. The SMILES string of the molecule is COc1cc(OC)cc(-c2noc(C3CC(=O)N(c4cccc(Cl)c4F)C3)n2)c1. The highest BCUT2D eigenvalue weighted by Gasteiger charge is 2.36. The molecule has 29 heavy (non-hydrogen) atoms. The number of carbonyl (C=O) groups is 1. The molecule has 1 aromatic heterocycles. The highest BCUT2D eigenvalue weighted by Crippen LogP contribution is 2.35. The van der Waals surface area contributed by atoms with Gasteiger partial charge in [0.15, 0.2) is 5.82 Å². The number of nitrogens with zero attached hydrogens (tertiary/aromatic N) is 3. The molecule has 1 amide bonds. The molecule has 1 unspecified atom stereocenters. The van der Waals surface area contributed by atoms with Gasteiger partial charge in [-0.05, 0) is 24.3 Å². The summed E-state index contributed by atoms with van der Waals surface area (Å²) in [4.78, 5) is 18.2. The highest BCUT2D eigenvalue weighted by molar-refractivity contribution is 6.31. The van der Waals surface area contributed by atoms with Gasteiger partial charge >= 0.3 is 0 Å². The second-order valence-electron chi connectivity index (χ2n) is 6.54. The molecule has 0 bridgehead atoms. The quantitative estimate of drug-likeness (QED) is 0.622. The second-order valence-corrected chi connectivity index (χ2v) is 6.94. The summed E-state index contributed by atoms with van der Waals surface area (Å²) in [5.41, 5.74) is 0.792. The van der Waals surface area contributed by atoms with Crippen molar-refractivity contribution in [1.29, 1.82) is 0 Å². The molecule has 0 saturated carbocycles. The van der Waals surface area contributed by atoms with Crippen LogP contribution in [0.3, 0.4) is 0 Å². The van der Waals surface area contributed by atoms with Gasteiger partial charge in [0.2, 0.25) is 17.6 Å². The summed E-state index contributed by atoms with van der Waals surface area (Å²) in [5.74, 6) is 0.609. The number of rotatable bonds is 5. The predicted octanol–water partition coefficient (Wildman–Crippen LogP) is 4.07.